The Kier molecular flexibility index (Phi) is 4.49. The van der Waals surface area contributed by atoms with Crippen molar-refractivity contribution in [3.8, 4) is 0 Å². The SMILES string of the molecule is CCn1nc(C(C)(C)C)cc1C(=O)Nc1cccnc1C(=O)O. The van der Waals surface area contributed by atoms with Crippen LogP contribution in [0.1, 0.15) is 54.4 Å². The number of hydrogen-bond donors (Lipinski definition) is 2. The molecule has 0 spiro atoms. The van der Waals surface area contributed by atoms with Gasteiger partial charge in [-0.3, -0.25) is 9.48 Å². The van der Waals surface area contributed by atoms with Gasteiger partial charge < -0.3 is 10.4 Å². The maximum Gasteiger partial charge on any atom is 0.356 e. The molecule has 7 nitrogen and oxygen atoms in total. The second kappa shape index (κ2) is 6.20. The first-order chi connectivity index (χ1) is 10.7. The number of aromatic nitrogens is 3. The molecule has 0 aromatic carbocycles. The minimum absolute atomic E-state index is 0.158. The number of amides is 1. The largest absolute Gasteiger partial charge is 0.476 e. The van der Waals surface area contributed by atoms with Crippen LogP contribution in [-0.2, 0) is 12.0 Å². The zero-order chi connectivity index (χ0) is 17.2. The maximum absolute atomic E-state index is 12.5. The number of carboxylic acid groups (broad SMARTS) is 1. The molecule has 0 aliphatic heterocycles. The zero-order valence-corrected chi connectivity index (χ0v) is 13.6. The van der Waals surface area contributed by atoms with Crippen molar-refractivity contribution in [1.82, 2.24) is 14.8 Å². The Hall–Kier alpha value is -2.70. The molecule has 0 bridgehead atoms. The minimum atomic E-state index is -1.19. The van der Waals surface area contributed by atoms with Gasteiger partial charge in [0.25, 0.3) is 5.91 Å². The van der Waals surface area contributed by atoms with Crippen molar-refractivity contribution < 1.29 is 14.7 Å². The normalized spacial score (nSPS) is 11.3. The highest BCUT2D eigenvalue weighted by Gasteiger charge is 2.23. The van der Waals surface area contributed by atoms with E-state index in [1.807, 2.05) is 27.7 Å². The number of hydrogen-bond acceptors (Lipinski definition) is 4. The highest BCUT2D eigenvalue weighted by atomic mass is 16.4. The third kappa shape index (κ3) is 3.56. The van der Waals surface area contributed by atoms with Gasteiger partial charge in [-0.15, -0.1) is 0 Å². The Morgan fingerprint density at radius 2 is 2.04 bits per heavy atom. The van der Waals surface area contributed by atoms with Crippen molar-refractivity contribution in [1.29, 1.82) is 0 Å². The van der Waals surface area contributed by atoms with E-state index in [1.165, 1.54) is 12.3 Å². The Bertz CT molecular complexity index is 744. The van der Waals surface area contributed by atoms with E-state index >= 15 is 0 Å². The van der Waals surface area contributed by atoms with Crippen LogP contribution in [0.4, 0.5) is 5.69 Å². The lowest BCUT2D eigenvalue weighted by Crippen LogP contribution is -2.19. The summed E-state index contributed by atoms with van der Waals surface area (Å²) < 4.78 is 1.60. The van der Waals surface area contributed by atoms with Gasteiger partial charge in [-0.1, -0.05) is 20.8 Å². The quantitative estimate of drug-likeness (QED) is 0.903. The molecule has 1 amide bonds. The van der Waals surface area contributed by atoms with E-state index in [0.717, 1.165) is 5.69 Å². The summed E-state index contributed by atoms with van der Waals surface area (Å²) in [6.45, 7) is 8.47. The first-order valence-corrected chi connectivity index (χ1v) is 7.32. The van der Waals surface area contributed by atoms with E-state index in [1.54, 1.807) is 16.8 Å². The number of anilines is 1. The molecule has 0 fully saturated rings. The van der Waals surface area contributed by atoms with Gasteiger partial charge in [0, 0.05) is 18.2 Å². The average Bonchev–Trinajstić information content (AvgIpc) is 2.92. The van der Waals surface area contributed by atoms with Crippen LogP contribution >= 0.6 is 0 Å². The first kappa shape index (κ1) is 16.7. The van der Waals surface area contributed by atoms with E-state index in [9.17, 15) is 9.59 Å². The lowest BCUT2D eigenvalue weighted by molar-refractivity contribution is 0.0691. The molecule has 23 heavy (non-hydrogen) atoms. The second-order valence-electron chi connectivity index (χ2n) is 6.14. The minimum Gasteiger partial charge on any atom is -0.476 e. The van der Waals surface area contributed by atoms with Gasteiger partial charge >= 0.3 is 5.97 Å². The van der Waals surface area contributed by atoms with Gasteiger partial charge in [0.15, 0.2) is 5.69 Å². The summed E-state index contributed by atoms with van der Waals surface area (Å²) in [7, 11) is 0. The lowest BCUT2D eigenvalue weighted by Gasteiger charge is -2.13. The van der Waals surface area contributed by atoms with Gasteiger partial charge in [0.2, 0.25) is 0 Å². The highest BCUT2D eigenvalue weighted by Crippen LogP contribution is 2.22. The van der Waals surface area contributed by atoms with Gasteiger partial charge in [0.05, 0.1) is 11.4 Å². The summed E-state index contributed by atoms with van der Waals surface area (Å²) in [5, 5.41) is 16.2. The fraction of sp³-hybridized carbons (Fsp3) is 0.375. The van der Waals surface area contributed by atoms with E-state index in [4.69, 9.17) is 5.11 Å². The van der Waals surface area contributed by atoms with E-state index in [0.29, 0.717) is 12.2 Å². The molecule has 2 rings (SSSR count). The predicted octanol–water partition coefficient (Wildman–Crippen LogP) is 2.55. The standard InChI is InChI=1S/C16H20N4O3/c1-5-20-11(9-12(19-20)16(2,3)4)14(21)18-10-7-6-8-17-13(10)15(22)23/h6-9H,5H2,1-4H3,(H,18,21)(H,22,23). The molecule has 0 unspecified atom stereocenters. The van der Waals surface area contributed by atoms with Gasteiger partial charge in [-0.2, -0.15) is 5.10 Å². The molecule has 2 aromatic heterocycles. The van der Waals surface area contributed by atoms with Crippen LogP contribution in [0.15, 0.2) is 24.4 Å². The Morgan fingerprint density at radius 3 is 2.61 bits per heavy atom. The van der Waals surface area contributed by atoms with E-state index < -0.39 is 11.9 Å². The summed E-state index contributed by atoms with van der Waals surface area (Å²) in [6.07, 6.45) is 1.37. The maximum atomic E-state index is 12.5. The molecular weight excluding hydrogens is 296 g/mol. The van der Waals surface area contributed by atoms with Crippen molar-refractivity contribution in [2.75, 3.05) is 5.32 Å². The number of carbonyl (C=O) groups excluding carboxylic acids is 1. The summed E-state index contributed by atoms with van der Waals surface area (Å²) >= 11 is 0. The molecule has 0 radical (unpaired) electrons. The molecule has 2 aromatic rings. The fourth-order valence-corrected chi connectivity index (χ4v) is 2.07. The Balaban J connectivity index is 2.35. The van der Waals surface area contributed by atoms with Gasteiger partial charge in [-0.05, 0) is 25.1 Å². The van der Waals surface area contributed by atoms with Gasteiger partial charge in [0.1, 0.15) is 5.69 Å². The molecule has 0 saturated heterocycles. The fourth-order valence-electron chi connectivity index (χ4n) is 2.07. The molecule has 2 heterocycles. The third-order valence-electron chi connectivity index (χ3n) is 3.34. The molecule has 0 atom stereocenters. The molecule has 0 aliphatic rings. The number of rotatable bonds is 4. The van der Waals surface area contributed by atoms with Crippen LogP contribution in [0, 0.1) is 0 Å². The van der Waals surface area contributed by atoms with Crippen LogP contribution < -0.4 is 5.32 Å². The second-order valence-corrected chi connectivity index (χ2v) is 6.14. The summed E-state index contributed by atoms with van der Waals surface area (Å²) in [6, 6.07) is 4.81. The van der Waals surface area contributed by atoms with E-state index in [2.05, 4.69) is 15.4 Å². The number of nitrogens with zero attached hydrogens (tertiary/aromatic N) is 3. The molecule has 122 valence electrons. The van der Waals surface area contributed by atoms with Crippen LogP contribution in [0.3, 0.4) is 0 Å². The van der Waals surface area contributed by atoms with Crippen molar-refractivity contribution in [3.63, 3.8) is 0 Å². The first-order valence-electron chi connectivity index (χ1n) is 7.32. The van der Waals surface area contributed by atoms with Crippen LogP contribution in [0.5, 0.6) is 0 Å². The van der Waals surface area contributed by atoms with Crippen LogP contribution in [-0.4, -0.2) is 31.7 Å². The number of pyridine rings is 1. The Labute approximate surface area is 134 Å². The average molecular weight is 316 g/mol. The zero-order valence-electron chi connectivity index (χ0n) is 13.6. The third-order valence-corrected chi connectivity index (χ3v) is 3.34. The smallest absolute Gasteiger partial charge is 0.356 e. The summed E-state index contributed by atoms with van der Waals surface area (Å²) in [4.78, 5) is 27.5. The highest BCUT2D eigenvalue weighted by molar-refractivity contribution is 6.06. The predicted molar refractivity (Wildman–Crippen MR) is 85.8 cm³/mol. The number of nitrogens with one attached hydrogen (secondary N) is 1. The molecular formula is C16H20N4O3. The lowest BCUT2D eigenvalue weighted by atomic mass is 9.92. The van der Waals surface area contributed by atoms with E-state index in [-0.39, 0.29) is 16.8 Å². The van der Waals surface area contributed by atoms with Crippen molar-refractivity contribution >= 4 is 17.6 Å². The molecule has 0 saturated carbocycles. The number of carboxylic acids is 1. The van der Waals surface area contributed by atoms with Gasteiger partial charge in [-0.25, -0.2) is 9.78 Å². The molecule has 2 N–H and O–H groups in total. The molecule has 7 heteroatoms. The number of aromatic carboxylic acids is 1. The number of aryl methyl sites for hydroxylation is 1. The summed E-state index contributed by atoms with van der Waals surface area (Å²) in [5.74, 6) is -1.61. The number of carbonyl (C=O) groups is 2. The Morgan fingerprint density at radius 1 is 1.35 bits per heavy atom. The van der Waals surface area contributed by atoms with Crippen molar-refractivity contribution in [2.24, 2.45) is 0 Å². The monoisotopic (exact) mass is 316 g/mol. The van der Waals surface area contributed by atoms with Crippen LogP contribution in [0.2, 0.25) is 0 Å². The van der Waals surface area contributed by atoms with Crippen molar-refractivity contribution in [2.45, 2.75) is 39.7 Å². The summed E-state index contributed by atoms with van der Waals surface area (Å²) in [5.41, 5.74) is 0.966. The topological polar surface area (TPSA) is 97.1 Å². The van der Waals surface area contributed by atoms with Crippen molar-refractivity contribution in [3.05, 3.63) is 41.5 Å². The molecule has 0 aliphatic carbocycles. The van der Waals surface area contributed by atoms with Crippen LogP contribution in [0.25, 0.3) is 0 Å².